The van der Waals surface area contributed by atoms with Gasteiger partial charge in [0.15, 0.2) is 0 Å². The van der Waals surface area contributed by atoms with Crippen LogP contribution in [0.4, 0.5) is 0 Å². The van der Waals surface area contributed by atoms with Crippen LogP contribution in [0.15, 0.2) is 75.6 Å². The summed E-state index contributed by atoms with van der Waals surface area (Å²) in [6, 6.07) is 21.8. The van der Waals surface area contributed by atoms with Crippen LogP contribution in [-0.4, -0.2) is 12.7 Å². The highest BCUT2D eigenvalue weighted by molar-refractivity contribution is 6.24. The first-order valence-corrected chi connectivity index (χ1v) is 8.65. The Morgan fingerprint density at radius 3 is 2.19 bits per heavy atom. The van der Waals surface area contributed by atoms with Gasteiger partial charge in [0.2, 0.25) is 0 Å². The minimum atomic E-state index is 0.550. The highest BCUT2D eigenvalue weighted by atomic mass is 16.5. The first kappa shape index (κ1) is 14.7. The van der Waals surface area contributed by atoms with Crippen molar-refractivity contribution in [1.82, 2.24) is 0 Å². The van der Waals surface area contributed by atoms with Gasteiger partial charge in [-0.25, -0.2) is 0 Å². The van der Waals surface area contributed by atoms with E-state index in [0.29, 0.717) is 19.0 Å². The Hall–Kier alpha value is -3.44. The lowest BCUT2D eigenvalue weighted by Crippen LogP contribution is -2.00. The third kappa shape index (κ3) is 1.97. The Morgan fingerprint density at radius 1 is 0.630 bits per heavy atom. The lowest BCUT2D eigenvalue weighted by atomic mass is 10.0. The Bertz CT molecular complexity index is 1490. The van der Waals surface area contributed by atoms with E-state index in [9.17, 15) is 0 Å². The summed E-state index contributed by atoms with van der Waals surface area (Å²) in [5.41, 5.74) is 3.13. The largest absolute Gasteiger partial charge is 0.569 e. The van der Waals surface area contributed by atoms with Crippen LogP contribution < -0.4 is 4.65 Å². The van der Waals surface area contributed by atoms with Gasteiger partial charge in [0.25, 0.3) is 0 Å². The van der Waals surface area contributed by atoms with Crippen molar-refractivity contribution >= 4 is 62.3 Å². The van der Waals surface area contributed by atoms with E-state index in [0.717, 1.165) is 49.1 Å². The zero-order chi connectivity index (χ0) is 18.0. The fourth-order valence-electron chi connectivity index (χ4n) is 3.98. The van der Waals surface area contributed by atoms with E-state index >= 15 is 0 Å². The topological polar surface area (TPSA) is 55.7 Å². The second-order valence-corrected chi connectivity index (χ2v) is 6.56. The molecular weight excluding hydrogens is 339 g/mol. The summed E-state index contributed by atoms with van der Waals surface area (Å²) >= 11 is 0. The van der Waals surface area contributed by atoms with Crippen molar-refractivity contribution in [3.8, 4) is 5.75 Å². The normalized spacial score (nSPS) is 11.9. The summed E-state index contributed by atoms with van der Waals surface area (Å²) in [6.07, 6.45) is 0. The molecule has 0 aliphatic carbocycles. The molecule has 2 aromatic heterocycles. The van der Waals surface area contributed by atoms with E-state index in [1.165, 1.54) is 0 Å². The highest BCUT2D eigenvalue weighted by Crippen LogP contribution is 2.41. The summed E-state index contributed by atoms with van der Waals surface area (Å²) < 4.78 is 17.4. The van der Waals surface area contributed by atoms with E-state index in [1.54, 1.807) is 0 Å². The number of hydrogen-bond acceptors (Lipinski definition) is 4. The molecule has 0 saturated heterocycles. The Kier molecular flexibility index (Phi) is 2.88. The van der Waals surface area contributed by atoms with Crippen LogP contribution in [0.2, 0.25) is 0 Å². The molecule has 2 heterocycles. The van der Waals surface area contributed by atoms with Crippen LogP contribution in [0.5, 0.6) is 5.75 Å². The van der Waals surface area contributed by atoms with Gasteiger partial charge in [0.1, 0.15) is 28.1 Å². The maximum absolute atomic E-state index is 9.10. The molecule has 0 saturated carbocycles. The Labute approximate surface area is 153 Å². The molecule has 6 aromatic rings. The van der Waals surface area contributed by atoms with Gasteiger partial charge in [-0.1, -0.05) is 42.5 Å². The van der Waals surface area contributed by atoms with Crippen LogP contribution >= 0.6 is 0 Å². The molecule has 0 amide bonds. The predicted molar refractivity (Wildman–Crippen MR) is 107 cm³/mol. The van der Waals surface area contributed by atoms with Crippen LogP contribution in [0.3, 0.4) is 0 Å². The van der Waals surface area contributed by atoms with Crippen LogP contribution in [0.1, 0.15) is 0 Å². The predicted octanol–water partition coefficient (Wildman–Crippen LogP) is 5.54. The van der Waals surface area contributed by atoms with Crippen molar-refractivity contribution in [2.24, 2.45) is 0 Å². The molecule has 6 rings (SSSR count). The number of benzene rings is 4. The third-order valence-electron chi connectivity index (χ3n) is 5.12. The van der Waals surface area contributed by atoms with Crippen molar-refractivity contribution in [1.29, 1.82) is 0 Å². The summed E-state index contributed by atoms with van der Waals surface area (Å²) in [6.45, 7) is 0. The highest BCUT2D eigenvalue weighted by Gasteiger charge is 2.17. The standard InChI is InChI=1S/C22H12BO4/c24-23-27-20-11-21-22(14-7-2-1-5-12(14)20)16-9-15-13-6-3-4-8-17(13)25-18(15)10-19(16)26-21/h1-11,24H. The lowest BCUT2D eigenvalue weighted by Gasteiger charge is -2.07. The van der Waals surface area contributed by atoms with E-state index in [4.69, 9.17) is 18.5 Å². The summed E-state index contributed by atoms with van der Waals surface area (Å²) in [4.78, 5) is 0. The molecule has 127 valence electrons. The van der Waals surface area contributed by atoms with E-state index in [2.05, 4.69) is 12.1 Å². The van der Waals surface area contributed by atoms with Crippen molar-refractivity contribution in [3.63, 3.8) is 0 Å². The number of rotatable bonds is 2. The molecule has 0 spiro atoms. The Morgan fingerprint density at radius 2 is 1.33 bits per heavy atom. The van der Waals surface area contributed by atoms with Gasteiger partial charge in [0, 0.05) is 39.1 Å². The van der Waals surface area contributed by atoms with Gasteiger partial charge in [0.05, 0.1) is 0 Å². The smallest absolute Gasteiger partial charge is 0.537 e. The van der Waals surface area contributed by atoms with Crippen LogP contribution in [-0.2, 0) is 0 Å². The van der Waals surface area contributed by atoms with Gasteiger partial charge in [-0.15, -0.1) is 0 Å². The lowest BCUT2D eigenvalue weighted by molar-refractivity contribution is 0.456. The maximum Gasteiger partial charge on any atom is 0.569 e. The molecule has 1 radical (unpaired) electrons. The molecule has 27 heavy (non-hydrogen) atoms. The van der Waals surface area contributed by atoms with Gasteiger partial charge < -0.3 is 18.5 Å². The second kappa shape index (κ2) is 5.28. The monoisotopic (exact) mass is 351 g/mol. The number of hydrogen-bond donors (Lipinski definition) is 1. The SMILES string of the molecule is O[B]Oc1cc2oc3cc4oc5ccccc5c4cc3c2c2ccccc12. The second-order valence-electron chi connectivity index (χ2n) is 6.56. The number of furan rings is 2. The van der Waals surface area contributed by atoms with Gasteiger partial charge in [-0.05, 0) is 17.5 Å². The quantitative estimate of drug-likeness (QED) is 0.416. The minimum absolute atomic E-state index is 0.550. The Balaban J connectivity index is 1.81. The van der Waals surface area contributed by atoms with E-state index < -0.39 is 0 Å². The van der Waals surface area contributed by atoms with Crippen molar-refractivity contribution in [2.75, 3.05) is 0 Å². The molecule has 0 fully saturated rings. The molecule has 0 aliphatic rings. The summed E-state index contributed by atoms with van der Waals surface area (Å²) in [7, 11) is 0.690. The van der Waals surface area contributed by atoms with Gasteiger partial charge in [-0.2, -0.15) is 0 Å². The fraction of sp³-hybridized carbons (Fsp3) is 0. The summed E-state index contributed by atoms with van der Waals surface area (Å²) in [5, 5.41) is 15.2. The van der Waals surface area contributed by atoms with Crippen LogP contribution in [0.25, 0.3) is 54.6 Å². The molecule has 0 atom stereocenters. The first-order chi connectivity index (χ1) is 13.3. The van der Waals surface area contributed by atoms with E-state index in [-0.39, 0.29) is 0 Å². The average Bonchev–Trinajstić information content (AvgIpc) is 3.23. The average molecular weight is 351 g/mol. The van der Waals surface area contributed by atoms with Crippen molar-refractivity contribution in [2.45, 2.75) is 0 Å². The first-order valence-electron chi connectivity index (χ1n) is 8.65. The molecule has 0 bridgehead atoms. The molecule has 4 nitrogen and oxygen atoms in total. The minimum Gasteiger partial charge on any atom is -0.537 e. The maximum atomic E-state index is 9.10. The zero-order valence-corrected chi connectivity index (χ0v) is 14.1. The van der Waals surface area contributed by atoms with E-state index in [1.807, 2.05) is 54.6 Å². The number of para-hydroxylation sites is 1. The molecule has 5 heteroatoms. The zero-order valence-electron chi connectivity index (χ0n) is 14.1. The van der Waals surface area contributed by atoms with Gasteiger partial charge >= 0.3 is 7.69 Å². The van der Waals surface area contributed by atoms with Crippen LogP contribution in [0, 0.1) is 0 Å². The third-order valence-corrected chi connectivity index (χ3v) is 5.12. The van der Waals surface area contributed by atoms with Gasteiger partial charge in [-0.3, -0.25) is 0 Å². The molecule has 4 aromatic carbocycles. The molecular formula is C22H12BO4. The van der Waals surface area contributed by atoms with Crippen molar-refractivity contribution < 1.29 is 18.5 Å². The molecule has 0 aliphatic heterocycles. The number of fused-ring (bicyclic) bond motifs is 8. The van der Waals surface area contributed by atoms with Crippen molar-refractivity contribution in [3.05, 3.63) is 66.7 Å². The fourth-order valence-corrected chi connectivity index (χ4v) is 3.98. The molecule has 1 N–H and O–H groups in total. The molecule has 0 unspecified atom stereocenters. The summed E-state index contributed by atoms with van der Waals surface area (Å²) in [5.74, 6) is 0.550.